The summed E-state index contributed by atoms with van der Waals surface area (Å²) < 4.78 is 34.2. The highest BCUT2D eigenvalue weighted by molar-refractivity contribution is 6.01. The third-order valence-corrected chi connectivity index (χ3v) is 7.65. The Bertz CT molecular complexity index is 1690. The molecule has 1 fully saturated rings. The molecule has 1 saturated heterocycles. The van der Waals surface area contributed by atoms with Crippen molar-refractivity contribution in [3.05, 3.63) is 59.3 Å². The lowest BCUT2D eigenvalue weighted by Crippen LogP contribution is -2.42. The van der Waals surface area contributed by atoms with Gasteiger partial charge in [-0.15, -0.1) is 0 Å². The van der Waals surface area contributed by atoms with Crippen molar-refractivity contribution < 1.29 is 28.1 Å². The van der Waals surface area contributed by atoms with Crippen molar-refractivity contribution in [2.24, 2.45) is 5.73 Å². The summed E-state index contributed by atoms with van der Waals surface area (Å²) in [5.41, 5.74) is 7.67. The molecule has 0 bridgehead atoms. The van der Waals surface area contributed by atoms with E-state index in [4.69, 9.17) is 10.5 Å². The Labute approximate surface area is 240 Å². The molecule has 42 heavy (non-hydrogen) atoms. The van der Waals surface area contributed by atoms with Crippen LogP contribution in [0.3, 0.4) is 0 Å². The van der Waals surface area contributed by atoms with Gasteiger partial charge >= 0.3 is 5.95 Å². The molecule has 2 aliphatic rings. The highest BCUT2D eigenvalue weighted by atomic mass is 19.1. The number of carbonyl (C=O) groups is 2. The first kappa shape index (κ1) is 27.4. The molecule has 6 rings (SSSR count). The zero-order chi connectivity index (χ0) is 29.4. The van der Waals surface area contributed by atoms with Crippen molar-refractivity contribution in [2.45, 2.75) is 25.7 Å². The van der Waals surface area contributed by atoms with Crippen molar-refractivity contribution in [2.75, 3.05) is 48.8 Å². The summed E-state index contributed by atoms with van der Waals surface area (Å²) in [6.07, 6.45) is 5.56. The predicted molar refractivity (Wildman–Crippen MR) is 153 cm³/mol. The second kappa shape index (κ2) is 11.2. The van der Waals surface area contributed by atoms with E-state index in [1.54, 1.807) is 19.4 Å². The molecule has 0 aliphatic carbocycles. The Kier molecular flexibility index (Phi) is 7.33. The largest absolute Gasteiger partial charge is 0.493 e. The van der Waals surface area contributed by atoms with Crippen LogP contribution in [0.5, 0.6) is 5.75 Å². The molecule has 0 radical (unpaired) electrons. The fourth-order valence-electron chi connectivity index (χ4n) is 5.67. The van der Waals surface area contributed by atoms with Gasteiger partial charge in [0.15, 0.2) is 5.75 Å². The van der Waals surface area contributed by atoms with E-state index in [2.05, 4.69) is 30.5 Å². The van der Waals surface area contributed by atoms with E-state index in [-0.39, 0.29) is 23.4 Å². The van der Waals surface area contributed by atoms with Crippen LogP contribution in [0.25, 0.3) is 11.0 Å². The Morgan fingerprint density at radius 3 is 2.67 bits per heavy atom. The van der Waals surface area contributed by atoms with Gasteiger partial charge in [0.2, 0.25) is 17.4 Å². The third kappa shape index (κ3) is 5.30. The number of amides is 2. The van der Waals surface area contributed by atoms with Gasteiger partial charge in [-0.1, -0.05) is 4.98 Å². The summed E-state index contributed by atoms with van der Waals surface area (Å²) >= 11 is 0. The topological polar surface area (TPSA) is 143 Å². The molecule has 2 aromatic carbocycles. The van der Waals surface area contributed by atoms with Crippen molar-refractivity contribution in [1.29, 1.82) is 0 Å². The molecule has 2 aliphatic heterocycles. The number of ether oxygens (including phenoxy) is 1. The average molecular weight is 578 g/mol. The number of rotatable bonds is 8. The minimum Gasteiger partial charge on any atom is -0.493 e. The second-order valence-corrected chi connectivity index (χ2v) is 10.4. The molecule has 0 saturated carbocycles. The second-order valence-electron chi connectivity index (χ2n) is 10.4. The Balaban J connectivity index is 1.35. The molecule has 4 heterocycles. The number of nitrogens with two attached hydrogens (primary N) is 1. The molecule has 218 valence electrons. The number of aryl methyl sites for hydroxylation is 1. The molecular weight excluding hydrogens is 546 g/mol. The molecule has 6 N–H and O–H groups in total. The number of aromatic nitrogens is 3. The number of carbonyl (C=O) groups excluding carboxylic acids is 2. The average Bonchev–Trinajstić information content (AvgIpc) is 3.64. The standard InChI is InChI=1S/C29H30F2N8O3/c1-42-23-11-16-5-4-10-39(24(40)15-38-8-2-3-9-38)22(16)14-20(23)35-29-36-27-18(6-7-33-27)28(37-29)34-21-13-17(30)12-19(31)25(21)26(32)41/h6-7,11-14H,2-5,8-10,15H2,1H3,(H2,32,41)(H3,33,34,35,36,37)/p+1. The van der Waals surface area contributed by atoms with Gasteiger partial charge < -0.3 is 20.7 Å². The van der Waals surface area contributed by atoms with Gasteiger partial charge in [0, 0.05) is 24.9 Å². The van der Waals surface area contributed by atoms with Crippen LogP contribution in [-0.2, 0) is 11.2 Å². The number of benzene rings is 2. The van der Waals surface area contributed by atoms with E-state index in [9.17, 15) is 18.4 Å². The summed E-state index contributed by atoms with van der Waals surface area (Å²) in [6.45, 7) is 2.88. The minimum atomic E-state index is -1.08. The first-order chi connectivity index (χ1) is 20.3. The van der Waals surface area contributed by atoms with Crippen LogP contribution in [0.15, 0.2) is 36.5 Å². The van der Waals surface area contributed by atoms with E-state index in [0.29, 0.717) is 41.6 Å². The molecule has 13 heteroatoms. The summed E-state index contributed by atoms with van der Waals surface area (Å²) in [7, 11) is 1.56. The fourth-order valence-corrected chi connectivity index (χ4v) is 5.67. The molecule has 4 aromatic rings. The van der Waals surface area contributed by atoms with E-state index in [0.717, 1.165) is 56.1 Å². The van der Waals surface area contributed by atoms with Crippen LogP contribution < -0.4 is 31.0 Å². The smallest absolute Gasteiger partial charge is 0.351 e. The maximum Gasteiger partial charge on any atom is 0.351 e. The van der Waals surface area contributed by atoms with Crippen molar-refractivity contribution in [1.82, 2.24) is 14.9 Å². The summed E-state index contributed by atoms with van der Waals surface area (Å²) in [4.78, 5) is 40.1. The van der Waals surface area contributed by atoms with Crippen LogP contribution in [-0.4, -0.2) is 60.0 Å². The monoisotopic (exact) mass is 577 g/mol. The van der Waals surface area contributed by atoms with Gasteiger partial charge in [-0.25, -0.2) is 13.8 Å². The lowest BCUT2D eigenvalue weighted by molar-refractivity contribution is -0.333. The molecule has 2 amide bonds. The number of nitrogens with zero attached hydrogens (tertiary/aromatic N) is 3. The number of hydrogen-bond donors (Lipinski definition) is 4. The van der Waals surface area contributed by atoms with Gasteiger partial charge in [-0.05, 0) is 62.5 Å². The maximum atomic E-state index is 14.4. The first-order valence-electron chi connectivity index (χ1n) is 13.8. The van der Waals surface area contributed by atoms with Crippen molar-refractivity contribution >= 4 is 51.7 Å². The van der Waals surface area contributed by atoms with E-state index in [1.807, 2.05) is 17.0 Å². The number of anilines is 5. The van der Waals surface area contributed by atoms with Crippen LogP contribution in [0, 0.1) is 11.6 Å². The van der Waals surface area contributed by atoms with E-state index in [1.165, 1.54) is 0 Å². The van der Waals surface area contributed by atoms with Gasteiger partial charge in [-0.2, -0.15) is 0 Å². The molecule has 0 spiro atoms. The van der Waals surface area contributed by atoms with Crippen LogP contribution in [0.1, 0.15) is 35.2 Å². The third-order valence-electron chi connectivity index (χ3n) is 7.65. The highest BCUT2D eigenvalue weighted by Gasteiger charge is 2.28. The molecule has 2 aromatic heterocycles. The van der Waals surface area contributed by atoms with Crippen LogP contribution in [0.4, 0.5) is 37.6 Å². The lowest BCUT2D eigenvalue weighted by Gasteiger charge is -2.31. The number of likely N-dealkylation sites (tertiary alicyclic amines) is 1. The predicted octanol–water partition coefficient (Wildman–Crippen LogP) is 3.62. The Hall–Kier alpha value is -4.78. The Morgan fingerprint density at radius 1 is 1.10 bits per heavy atom. The highest BCUT2D eigenvalue weighted by Crippen LogP contribution is 2.38. The number of hydrogen-bond acceptors (Lipinski definition) is 7. The quantitative estimate of drug-likeness (QED) is 0.251. The number of aromatic amines is 2. The van der Waals surface area contributed by atoms with Gasteiger partial charge in [0.1, 0.15) is 17.3 Å². The zero-order valence-corrected chi connectivity index (χ0v) is 23.0. The molecule has 0 unspecified atom stereocenters. The number of primary amides is 1. The van der Waals surface area contributed by atoms with Crippen LogP contribution >= 0.6 is 0 Å². The van der Waals surface area contributed by atoms with Crippen LogP contribution in [0.2, 0.25) is 0 Å². The molecular formula is C29H31F2N8O3+. The van der Waals surface area contributed by atoms with E-state index < -0.39 is 23.1 Å². The van der Waals surface area contributed by atoms with Gasteiger partial charge in [-0.3, -0.25) is 24.8 Å². The summed E-state index contributed by atoms with van der Waals surface area (Å²) in [5.74, 6) is -1.93. The summed E-state index contributed by atoms with van der Waals surface area (Å²) in [6, 6.07) is 7.09. The number of nitrogens with one attached hydrogen (secondary N) is 4. The fraction of sp³-hybridized carbons (Fsp3) is 0.310. The van der Waals surface area contributed by atoms with Crippen molar-refractivity contribution in [3.8, 4) is 5.75 Å². The summed E-state index contributed by atoms with van der Waals surface area (Å²) in [5, 5.41) is 6.67. The van der Waals surface area contributed by atoms with E-state index >= 15 is 0 Å². The number of H-pyrrole nitrogens is 2. The zero-order valence-electron chi connectivity index (χ0n) is 23.0. The Morgan fingerprint density at radius 2 is 1.90 bits per heavy atom. The lowest BCUT2D eigenvalue weighted by atomic mass is 10.00. The number of halogens is 2. The van der Waals surface area contributed by atoms with Crippen molar-refractivity contribution in [3.63, 3.8) is 0 Å². The number of methoxy groups -OCH3 is 1. The first-order valence-corrected chi connectivity index (χ1v) is 13.8. The normalized spacial score (nSPS) is 15.1. The van der Waals surface area contributed by atoms with Gasteiger partial charge in [0.05, 0.1) is 36.0 Å². The SMILES string of the molecule is COc1cc2c(cc1Nc1nc(Nc3cc(F)cc(F)c3C(N)=O)c3cc[nH]c3[nH+]1)N(C(=O)CN1CCCC1)CCC2. The molecule has 0 atom stereocenters. The maximum absolute atomic E-state index is 14.4. The molecule has 11 nitrogen and oxygen atoms in total. The minimum absolute atomic E-state index is 0.0607. The van der Waals surface area contributed by atoms with Gasteiger partial charge in [0.25, 0.3) is 5.91 Å². The number of fused-ring (bicyclic) bond motifs is 2.